The minimum atomic E-state index is -1.05. The van der Waals surface area contributed by atoms with Gasteiger partial charge < -0.3 is 10.8 Å². The van der Waals surface area contributed by atoms with Crippen molar-refractivity contribution in [2.45, 2.75) is 32.2 Å². The van der Waals surface area contributed by atoms with Gasteiger partial charge in [-0.3, -0.25) is 9.59 Å². The molecular weight excluding hydrogens is 146 g/mol. The Morgan fingerprint density at radius 2 is 2.09 bits per heavy atom. The summed E-state index contributed by atoms with van der Waals surface area (Å²) in [6.45, 7) is 1.74. The molecule has 0 aliphatic heterocycles. The van der Waals surface area contributed by atoms with E-state index in [-0.39, 0.29) is 18.6 Å². The van der Waals surface area contributed by atoms with Gasteiger partial charge >= 0.3 is 5.97 Å². The zero-order chi connectivity index (χ0) is 8.85. The van der Waals surface area contributed by atoms with Crippen molar-refractivity contribution in [3.05, 3.63) is 0 Å². The van der Waals surface area contributed by atoms with Gasteiger partial charge in [-0.15, -0.1) is 0 Å². The first-order chi connectivity index (χ1) is 5.07. The van der Waals surface area contributed by atoms with E-state index in [4.69, 9.17) is 10.8 Å². The maximum Gasteiger partial charge on any atom is 0.320 e. The molecule has 0 aliphatic rings. The third-order valence-corrected chi connectivity index (χ3v) is 1.45. The zero-order valence-electron chi connectivity index (χ0n) is 6.54. The first-order valence-electron chi connectivity index (χ1n) is 3.58. The fourth-order valence-corrected chi connectivity index (χ4v) is 0.617. The van der Waals surface area contributed by atoms with Crippen molar-refractivity contribution in [1.29, 1.82) is 0 Å². The number of hydrogen-bond acceptors (Lipinski definition) is 3. The molecule has 0 spiro atoms. The molecule has 0 amide bonds. The predicted octanol–water partition coefficient (Wildman–Crippen LogP) is 0.158. The van der Waals surface area contributed by atoms with Crippen LogP contribution in [-0.2, 0) is 9.59 Å². The summed E-state index contributed by atoms with van der Waals surface area (Å²) in [6.07, 6.45) is 0.957. The van der Waals surface area contributed by atoms with Crippen LogP contribution in [0.2, 0.25) is 0 Å². The van der Waals surface area contributed by atoms with Gasteiger partial charge in [-0.25, -0.2) is 0 Å². The normalized spacial score (nSPS) is 12.5. The lowest BCUT2D eigenvalue weighted by atomic mass is 10.1. The van der Waals surface area contributed by atoms with E-state index in [1.165, 1.54) is 0 Å². The van der Waals surface area contributed by atoms with E-state index in [0.717, 1.165) is 0 Å². The van der Waals surface area contributed by atoms with Crippen LogP contribution in [0.4, 0.5) is 0 Å². The molecule has 0 radical (unpaired) electrons. The van der Waals surface area contributed by atoms with Gasteiger partial charge in [-0.05, 0) is 6.42 Å². The second-order valence-corrected chi connectivity index (χ2v) is 2.38. The lowest BCUT2D eigenvalue weighted by Gasteiger charge is -2.03. The van der Waals surface area contributed by atoms with Gasteiger partial charge in [0.25, 0.3) is 0 Å². The van der Waals surface area contributed by atoms with E-state index in [9.17, 15) is 9.59 Å². The van der Waals surface area contributed by atoms with Crippen molar-refractivity contribution in [1.82, 2.24) is 0 Å². The Bertz CT molecular complexity index is 156. The Labute approximate surface area is 65.4 Å². The number of carbonyl (C=O) groups is 2. The molecule has 0 aromatic rings. The second kappa shape index (κ2) is 4.85. The molecule has 0 aromatic carbocycles. The van der Waals surface area contributed by atoms with Crippen LogP contribution in [0, 0.1) is 0 Å². The topological polar surface area (TPSA) is 80.4 Å². The summed E-state index contributed by atoms with van der Waals surface area (Å²) in [5.74, 6) is -0.990. The maximum absolute atomic E-state index is 10.7. The van der Waals surface area contributed by atoms with Gasteiger partial charge in [0.2, 0.25) is 0 Å². The van der Waals surface area contributed by atoms with Gasteiger partial charge in [0.1, 0.15) is 11.8 Å². The Morgan fingerprint density at radius 1 is 1.55 bits per heavy atom. The van der Waals surface area contributed by atoms with Gasteiger partial charge in [0, 0.05) is 12.8 Å². The molecule has 0 unspecified atom stereocenters. The molecule has 0 bridgehead atoms. The average Bonchev–Trinajstić information content (AvgIpc) is 1.99. The van der Waals surface area contributed by atoms with Crippen LogP contribution >= 0.6 is 0 Å². The highest BCUT2D eigenvalue weighted by atomic mass is 16.4. The van der Waals surface area contributed by atoms with Crippen LogP contribution in [0.15, 0.2) is 0 Å². The third-order valence-electron chi connectivity index (χ3n) is 1.45. The summed E-state index contributed by atoms with van der Waals surface area (Å²) in [5, 5.41) is 8.33. The fourth-order valence-electron chi connectivity index (χ4n) is 0.617. The number of ketones is 1. The van der Waals surface area contributed by atoms with Crippen molar-refractivity contribution in [2.24, 2.45) is 5.73 Å². The monoisotopic (exact) mass is 159 g/mol. The molecule has 0 saturated carbocycles. The minimum Gasteiger partial charge on any atom is -0.480 e. The van der Waals surface area contributed by atoms with Gasteiger partial charge in [-0.1, -0.05) is 6.92 Å². The van der Waals surface area contributed by atoms with Crippen LogP contribution in [0.1, 0.15) is 26.2 Å². The zero-order valence-corrected chi connectivity index (χ0v) is 6.54. The highest BCUT2D eigenvalue weighted by molar-refractivity contribution is 5.79. The number of rotatable bonds is 5. The van der Waals surface area contributed by atoms with E-state index >= 15 is 0 Å². The van der Waals surface area contributed by atoms with E-state index in [2.05, 4.69) is 0 Å². The van der Waals surface area contributed by atoms with Crippen molar-refractivity contribution >= 4 is 11.8 Å². The average molecular weight is 159 g/mol. The summed E-state index contributed by atoms with van der Waals surface area (Å²) < 4.78 is 0. The Kier molecular flexibility index (Phi) is 4.45. The molecule has 0 saturated heterocycles. The lowest BCUT2D eigenvalue weighted by molar-refractivity contribution is -0.138. The molecule has 1 atom stereocenters. The Hall–Kier alpha value is -0.900. The van der Waals surface area contributed by atoms with E-state index in [0.29, 0.717) is 6.42 Å². The number of aliphatic carboxylic acids is 1. The largest absolute Gasteiger partial charge is 0.480 e. The SMILES string of the molecule is CCC(=O)CC[C@H](N)C(=O)O. The van der Waals surface area contributed by atoms with Crippen molar-refractivity contribution in [3.63, 3.8) is 0 Å². The number of carboxylic acid groups (broad SMARTS) is 1. The molecule has 64 valence electrons. The highest BCUT2D eigenvalue weighted by Crippen LogP contribution is 1.97. The van der Waals surface area contributed by atoms with Crippen molar-refractivity contribution in [2.75, 3.05) is 0 Å². The number of carbonyl (C=O) groups excluding carboxylic acids is 1. The van der Waals surface area contributed by atoms with Gasteiger partial charge in [-0.2, -0.15) is 0 Å². The summed E-state index contributed by atoms with van der Waals surface area (Å²) in [5.41, 5.74) is 5.17. The Balaban J connectivity index is 3.54. The minimum absolute atomic E-state index is 0.0571. The maximum atomic E-state index is 10.7. The van der Waals surface area contributed by atoms with Gasteiger partial charge in [0.15, 0.2) is 0 Å². The Morgan fingerprint density at radius 3 is 2.45 bits per heavy atom. The standard InChI is InChI=1S/C7H13NO3/c1-2-5(9)3-4-6(8)7(10)11/h6H,2-4,8H2,1H3,(H,10,11)/t6-/m0/s1. The van der Waals surface area contributed by atoms with E-state index < -0.39 is 12.0 Å². The van der Waals surface area contributed by atoms with Crippen molar-refractivity contribution < 1.29 is 14.7 Å². The highest BCUT2D eigenvalue weighted by Gasteiger charge is 2.11. The molecular formula is C7H13NO3. The first-order valence-corrected chi connectivity index (χ1v) is 3.58. The summed E-state index contributed by atoms with van der Waals surface area (Å²) in [6, 6.07) is -0.898. The van der Waals surface area contributed by atoms with Gasteiger partial charge in [0.05, 0.1) is 0 Å². The number of hydrogen-bond donors (Lipinski definition) is 2. The van der Waals surface area contributed by atoms with E-state index in [1.54, 1.807) is 6.92 Å². The predicted molar refractivity (Wildman–Crippen MR) is 40.1 cm³/mol. The smallest absolute Gasteiger partial charge is 0.320 e. The van der Waals surface area contributed by atoms with Crippen LogP contribution < -0.4 is 5.73 Å². The van der Waals surface area contributed by atoms with Crippen molar-refractivity contribution in [3.8, 4) is 0 Å². The van der Waals surface area contributed by atoms with E-state index in [1.807, 2.05) is 0 Å². The number of Topliss-reactive ketones (excluding diaryl/α,β-unsaturated/α-hetero) is 1. The summed E-state index contributed by atoms with van der Waals surface area (Å²) in [4.78, 5) is 20.9. The second-order valence-electron chi connectivity index (χ2n) is 2.38. The van der Waals surface area contributed by atoms with Crippen LogP contribution in [0.5, 0.6) is 0 Å². The van der Waals surface area contributed by atoms with Crippen LogP contribution in [0.25, 0.3) is 0 Å². The van der Waals surface area contributed by atoms with Crippen LogP contribution in [-0.4, -0.2) is 22.9 Å². The molecule has 4 heteroatoms. The molecule has 0 aliphatic carbocycles. The summed E-state index contributed by atoms with van der Waals surface area (Å²) >= 11 is 0. The quantitative estimate of drug-likeness (QED) is 0.598. The van der Waals surface area contributed by atoms with Crippen LogP contribution in [0.3, 0.4) is 0 Å². The first kappa shape index (κ1) is 10.1. The summed E-state index contributed by atoms with van der Waals surface area (Å²) in [7, 11) is 0. The lowest BCUT2D eigenvalue weighted by Crippen LogP contribution is -2.30. The molecule has 0 rings (SSSR count). The molecule has 0 fully saturated rings. The molecule has 4 nitrogen and oxygen atoms in total. The molecule has 11 heavy (non-hydrogen) atoms. The molecule has 0 aromatic heterocycles. The third kappa shape index (κ3) is 4.50. The number of nitrogens with two attached hydrogens (primary N) is 1. The molecule has 0 heterocycles. The fraction of sp³-hybridized carbons (Fsp3) is 0.714. The number of carboxylic acids is 1. The molecule has 3 N–H and O–H groups in total.